The van der Waals surface area contributed by atoms with Crippen LogP contribution in [0.5, 0.6) is 0 Å². The number of H-pyrrole nitrogens is 1. The molecule has 7 heteroatoms. The van der Waals surface area contributed by atoms with Crippen LogP contribution in [0.25, 0.3) is 10.9 Å². The number of ether oxygens (including phenoxy) is 1. The smallest absolute Gasteiger partial charge is 0.341 e. The summed E-state index contributed by atoms with van der Waals surface area (Å²) >= 11 is 3.41. The lowest BCUT2D eigenvalue weighted by Crippen LogP contribution is -2.26. The maximum atomic E-state index is 12.6. The highest BCUT2D eigenvalue weighted by molar-refractivity contribution is 9.10. The zero-order valence-electron chi connectivity index (χ0n) is 14.1. The average molecular weight is 405 g/mol. The minimum Gasteiger partial charge on any atom is -0.465 e. The van der Waals surface area contributed by atoms with Crippen LogP contribution in [0, 0.1) is 6.92 Å². The molecule has 0 aliphatic heterocycles. The molecule has 0 atom stereocenters. The van der Waals surface area contributed by atoms with E-state index in [2.05, 4.69) is 20.9 Å². The Morgan fingerprint density at radius 1 is 1.28 bits per heavy atom. The molecule has 0 saturated heterocycles. The first-order valence-electron chi connectivity index (χ1n) is 7.60. The van der Waals surface area contributed by atoms with E-state index in [1.165, 1.54) is 12.0 Å². The van der Waals surface area contributed by atoms with Crippen molar-refractivity contribution >= 4 is 38.7 Å². The molecule has 2 heterocycles. The maximum Gasteiger partial charge on any atom is 0.341 e. The van der Waals surface area contributed by atoms with Gasteiger partial charge in [-0.15, -0.1) is 0 Å². The summed E-state index contributed by atoms with van der Waals surface area (Å²) in [6, 6.07) is 9.20. The average Bonchev–Trinajstić information content (AvgIpc) is 3.16. The van der Waals surface area contributed by atoms with Crippen LogP contribution in [0.3, 0.4) is 0 Å². The van der Waals surface area contributed by atoms with Gasteiger partial charge in [0.15, 0.2) is 0 Å². The molecule has 0 fully saturated rings. The molecule has 6 nitrogen and oxygen atoms in total. The van der Waals surface area contributed by atoms with Crippen molar-refractivity contribution in [1.82, 2.24) is 9.88 Å². The molecular formula is C18H17BrN2O4. The minimum absolute atomic E-state index is 0.166. The van der Waals surface area contributed by atoms with Crippen LogP contribution in [-0.4, -0.2) is 35.9 Å². The van der Waals surface area contributed by atoms with Gasteiger partial charge in [-0.3, -0.25) is 4.79 Å². The van der Waals surface area contributed by atoms with Crippen molar-refractivity contribution in [1.29, 1.82) is 0 Å². The molecule has 0 saturated carbocycles. The number of halogens is 1. The zero-order valence-corrected chi connectivity index (χ0v) is 15.6. The second-order valence-corrected chi connectivity index (χ2v) is 6.67. The SMILES string of the molecule is COC(=O)c1cc(CN(C)C(=O)c2cc3ccc(Br)cc3[nH]2)oc1C. The predicted molar refractivity (Wildman–Crippen MR) is 96.6 cm³/mol. The standard InChI is InChI=1S/C18H17BrN2O4/c1-10-14(18(23)24-3)8-13(25-10)9-21(2)17(22)16-6-11-4-5-12(19)7-15(11)20-16/h4-8,20H,9H2,1-3H3. The van der Waals surface area contributed by atoms with E-state index in [0.717, 1.165) is 15.4 Å². The number of nitrogens with zero attached hydrogens (tertiary/aromatic N) is 1. The van der Waals surface area contributed by atoms with E-state index in [1.54, 1.807) is 20.0 Å². The molecule has 0 spiro atoms. The van der Waals surface area contributed by atoms with Crippen LogP contribution >= 0.6 is 15.9 Å². The van der Waals surface area contributed by atoms with Crippen molar-refractivity contribution in [2.75, 3.05) is 14.2 Å². The number of rotatable bonds is 4. The topological polar surface area (TPSA) is 75.5 Å². The van der Waals surface area contributed by atoms with Gasteiger partial charge in [-0.2, -0.15) is 0 Å². The van der Waals surface area contributed by atoms with Gasteiger partial charge >= 0.3 is 5.97 Å². The number of aromatic amines is 1. The Balaban J connectivity index is 1.79. The highest BCUT2D eigenvalue weighted by Gasteiger charge is 2.19. The Morgan fingerprint density at radius 2 is 2.04 bits per heavy atom. The number of esters is 1. The lowest BCUT2D eigenvalue weighted by molar-refractivity contribution is 0.0598. The van der Waals surface area contributed by atoms with E-state index in [4.69, 9.17) is 9.15 Å². The van der Waals surface area contributed by atoms with Crippen molar-refractivity contribution in [3.8, 4) is 0 Å². The Morgan fingerprint density at radius 3 is 2.76 bits per heavy atom. The minimum atomic E-state index is -0.456. The number of hydrogen-bond acceptors (Lipinski definition) is 4. The molecule has 0 aliphatic carbocycles. The summed E-state index contributed by atoms with van der Waals surface area (Å²) in [6.07, 6.45) is 0. The number of carbonyl (C=O) groups is 2. The van der Waals surface area contributed by atoms with Crippen molar-refractivity contribution in [3.05, 3.63) is 57.6 Å². The van der Waals surface area contributed by atoms with Gasteiger partial charge in [0.1, 0.15) is 22.8 Å². The summed E-state index contributed by atoms with van der Waals surface area (Å²) in [5.74, 6) is 0.370. The van der Waals surface area contributed by atoms with Gasteiger partial charge in [0.25, 0.3) is 5.91 Å². The number of carbonyl (C=O) groups excluding carboxylic acids is 2. The number of hydrogen-bond donors (Lipinski definition) is 1. The van der Waals surface area contributed by atoms with Crippen LogP contribution in [-0.2, 0) is 11.3 Å². The van der Waals surface area contributed by atoms with Crippen molar-refractivity contribution in [2.45, 2.75) is 13.5 Å². The molecule has 0 bridgehead atoms. The molecule has 1 amide bonds. The Bertz CT molecular complexity index is 957. The quantitative estimate of drug-likeness (QED) is 0.669. The van der Waals surface area contributed by atoms with Crippen molar-refractivity contribution in [3.63, 3.8) is 0 Å². The first kappa shape index (κ1) is 17.3. The van der Waals surface area contributed by atoms with Gasteiger partial charge < -0.3 is 19.0 Å². The normalized spacial score (nSPS) is 10.9. The van der Waals surface area contributed by atoms with Gasteiger partial charge in [0.2, 0.25) is 0 Å². The van der Waals surface area contributed by atoms with E-state index in [9.17, 15) is 9.59 Å². The molecule has 0 radical (unpaired) electrons. The molecule has 0 aliphatic rings. The summed E-state index contributed by atoms with van der Waals surface area (Å²) in [6.45, 7) is 1.93. The number of benzene rings is 1. The summed E-state index contributed by atoms with van der Waals surface area (Å²) in [5, 5.41) is 0.960. The second-order valence-electron chi connectivity index (χ2n) is 5.75. The largest absolute Gasteiger partial charge is 0.465 e. The molecule has 0 unspecified atom stereocenters. The van der Waals surface area contributed by atoms with E-state index >= 15 is 0 Å². The summed E-state index contributed by atoms with van der Waals surface area (Å²) in [5.41, 5.74) is 1.74. The number of methoxy groups -OCH3 is 1. The van der Waals surface area contributed by atoms with Gasteiger partial charge in [-0.25, -0.2) is 4.79 Å². The maximum absolute atomic E-state index is 12.6. The third-order valence-electron chi connectivity index (χ3n) is 3.93. The fourth-order valence-electron chi connectivity index (χ4n) is 2.66. The molecule has 3 aromatic rings. The lowest BCUT2D eigenvalue weighted by atomic mass is 10.2. The molecule has 1 N–H and O–H groups in total. The number of aryl methyl sites for hydroxylation is 1. The summed E-state index contributed by atoms with van der Waals surface area (Å²) < 4.78 is 11.2. The van der Waals surface area contributed by atoms with E-state index in [0.29, 0.717) is 22.8 Å². The molecule has 25 heavy (non-hydrogen) atoms. The molecule has 1 aromatic carbocycles. The number of aromatic nitrogens is 1. The summed E-state index contributed by atoms with van der Waals surface area (Å²) in [4.78, 5) is 28.9. The number of amides is 1. The monoisotopic (exact) mass is 404 g/mol. The van der Waals surface area contributed by atoms with Crippen LogP contribution < -0.4 is 0 Å². The first-order chi connectivity index (χ1) is 11.9. The van der Waals surface area contributed by atoms with Gasteiger partial charge in [-0.1, -0.05) is 22.0 Å². The molecular weight excluding hydrogens is 388 g/mol. The number of furan rings is 1. The van der Waals surface area contributed by atoms with Crippen molar-refractivity contribution < 1.29 is 18.7 Å². The molecule has 2 aromatic heterocycles. The zero-order chi connectivity index (χ0) is 18.1. The van der Waals surface area contributed by atoms with E-state index in [1.807, 2.05) is 24.3 Å². The fourth-order valence-corrected chi connectivity index (χ4v) is 3.02. The number of nitrogens with one attached hydrogen (secondary N) is 1. The third-order valence-corrected chi connectivity index (χ3v) is 4.42. The van der Waals surface area contributed by atoms with Crippen molar-refractivity contribution in [2.24, 2.45) is 0 Å². The van der Waals surface area contributed by atoms with Gasteiger partial charge in [0.05, 0.1) is 13.7 Å². The van der Waals surface area contributed by atoms with E-state index in [-0.39, 0.29) is 12.5 Å². The first-order valence-corrected chi connectivity index (χ1v) is 8.39. The van der Waals surface area contributed by atoms with Crippen LogP contribution in [0.4, 0.5) is 0 Å². The van der Waals surface area contributed by atoms with E-state index < -0.39 is 5.97 Å². The van der Waals surface area contributed by atoms with Gasteiger partial charge in [0, 0.05) is 22.4 Å². The van der Waals surface area contributed by atoms with Gasteiger partial charge in [-0.05, 0) is 31.2 Å². The molecule has 130 valence electrons. The van der Waals surface area contributed by atoms with Crippen LogP contribution in [0.15, 0.2) is 39.2 Å². The predicted octanol–water partition coefficient (Wildman–Crippen LogP) is 3.89. The van der Waals surface area contributed by atoms with Crippen LogP contribution in [0.2, 0.25) is 0 Å². The Labute approximate surface area is 152 Å². The molecule has 3 rings (SSSR count). The third kappa shape index (κ3) is 3.46. The highest BCUT2D eigenvalue weighted by atomic mass is 79.9. The fraction of sp³-hybridized carbons (Fsp3) is 0.222. The lowest BCUT2D eigenvalue weighted by Gasteiger charge is -2.14. The Kier molecular flexibility index (Phi) is 4.67. The summed E-state index contributed by atoms with van der Waals surface area (Å²) in [7, 11) is 3.00. The number of fused-ring (bicyclic) bond motifs is 1. The Hall–Kier alpha value is -2.54. The van der Waals surface area contributed by atoms with Crippen LogP contribution in [0.1, 0.15) is 32.4 Å². The highest BCUT2D eigenvalue weighted by Crippen LogP contribution is 2.22. The second kappa shape index (κ2) is 6.76.